The number of nitrogens with two attached hydrogens (primary N) is 2. The van der Waals surface area contributed by atoms with Gasteiger partial charge in [0.2, 0.25) is 0 Å². The van der Waals surface area contributed by atoms with Gasteiger partial charge in [-0.1, -0.05) is 13.8 Å². The van der Waals surface area contributed by atoms with Gasteiger partial charge in [-0.25, -0.2) is 0 Å². The van der Waals surface area contributed by atoms with Crippen LogP contribution in [0.2, 0.25) is 0 Å². The van der Waals surface area contributed by atoms with Crippen molar-refractivity contribution in [2.24, 2.45) is 11.5 Å². The second-order valence-electron chi connectivity index (χ2n) is 2.73. The first-order valence-electron chi connectivity index (χ1n) is 4.74. The number of amides is 2. The van der Waals surface area contributed by atoms with E-state index in [2.05, 4.69) is 63.7 Å². The lowest BCUT2D eigenvalue weighted by molar-refractivity contribution is 0.0966. The number of carbonyl (C=O) groups excluding carboxylic acids is 2. The monoisotopic (exact) mass is 506 g/mol. The molecule has 4 nitrogen and oxygen atoms in total. The van der Waals surface area contributed by atoms with Crippen LogP contribution in [0.3, 0.4) is 0 Å². The minimum Gasteiger partial charge on any atom is -0.366 e. The molecule has 0 heterocycles. The highest BCUT2D eigenvalue weighted by atomic mass is 79.9. The van der Waals surface area contributed by atoms with Crippen molar-refractivity contribution in [1.82, 2.24) is 0 Å². The second kappa shape index (κ2) is 7.62. The molecule has 0 spiro atoms. The number of hydrogen-bond acceptors (Lipinski definition) is 2. The van der Waals surface area contributed by atoms with Crippen LogP contribution in [-0.2, 0) is 0 Å². The topological polar surface area (TPSA) is 86.2 Å². The van der Waals surface area contributed by atoms with E-state index < -0.39 is 11.8 Å². The van der Waals surface area contributed by atoms with Crippen LogP contribution in [0.15, 0.2) is 17.9 Å². The van der Waals surface area contributed by atoms with E-state index in [1.54, 1.807) is 0 Å². The van der Waals surface area contributed by atoms with E-state index >= 15 is 0 Å². The van der Waals surface area contributed by atoms with E-state index in [9.17, 15) is 9.59 Å². The average molecular weight is 510 g/mol. The maximum Gasteiger partial charge on any atom is 0.250 e. The largest absolute Gasteiger partial charge is 0.366 e. The molecular weight excluding hydrogens is 500 g/mol. The summed E-state index contributed by atoms with van der Waals surface area (Å²) in [5, 5.41) is 0. The zero-order valence-corrected chi connectivity index (χ0v) is 15.8. The van der Waals surface area contributed by atoms with Crippen LogP contribution in [0.5, 0.6) is 0 Å². The molecule has 2 amide bonds. The Morgan fingerprint density at radius 1 is 0.722 bits per heavy atom. The summed E-state index contributed by atoms with van der Waals surface area (Å²) in [4.78, 5) is 22.6. The third-order valence-electron chi connectivity index (χ3n) is 1.76. The first-order chi connectivity index (χ1) is 8.29. The maximum atomic E-state index is 11.3. The third kappa shape index (κ3) is 3.55. The molecule has 8 heteroatoms. The summed E-state index contributed by atoms with van der Waals surface area (Å²) in [5.41, 5.74) is 10.5. The Morgan fingerprint density at radius 3 is 1.11 bits per heavy atom. The van der Waals surface area contributed by atoms with Crippen molar-refractivity contribution < 1.29 is 9.59 Å². The van der Waals surface area contributed by atoms with Crippen LogP contribution in [-0.4, -0.2) is 11.8 Å². The van der Waals surface area contributed by atoms with E-state index in [0.29, 0.717) is 17.9 Å². The standard InChI is InChI=1S/C8H4Br4N2O2.C2H6/c9-3-1(7(13)15)2(8(14)16)4(10)6(12)5(3)11;1-2/h(H2,13,15)(H2,14,16);1-2H3. The van der Waals surface area contributed by atoms with E-state index in [4.69, 9.17) is 11.5 Å². The SMILES string of the molecule is CC.NC(=O)c1c(Br)c(Br)c(Br)c(Br)c1C(N)=O. The summed E-state index contributed by atoms with van der Waals surface area (Å²) in [6.45, 7) is 4.00. The molecule has 0 aliphatic carbocycles. The summed E-state index contributed by atoms with van der Waals surface area (Å²) in [6, 6.07) is 0. The number of hydrogen-bond donors (Lipinski definition) is 2. The summed E-state index contributed by atoms with van der Waals surface area (Å²) in [6.07, 6.45) is 0. The highest BCUT2D eigenvalue weighted by molar-refractivity contribution is 9.15. The normalized spacial score (nSPS) is 9.44. The number of halogens is 4. The van der Waals surface area contributed by atoms with Gasteiger partial charge in [-0.15, -0.1) is 0 Å². The Bertz CT molecular complexity index is 458. The number of carbonyl (C=O) groups is 2. The van der Waals surface area contributed by atoms with Crippen LogP contribution >= 0.6 is 63.7 Å². The molecule has 1 rings (SSSR count). The van der Waals surface area contributed by atoms with Crippen molar-refractivity contribution in [2.75, 3.05) is 0 Å². The van der Waals surface area contributed by atoms with Crippen molar-refractivity contribution in [1.29, 1.82) is 0 Å². The Hall–Kier alpha value is 0.0800. The van der Waals surface area contributed by atoms with Gasteiger partial charge in [-0.2, -0.15) is 0 Å². The number of rotatable bonds is 2. The Kier molecular flexibility index (Phi) is 7.65. The van der Waals surface area contributed by atoms with Gasteiger partial charge < -0.3 is 11.5 Å². The van der Waals surface area contributed by atoms with Crippen molar-refractivity contribution in [3.8, 4) is 0 Å². The lowest BCUT2D eigenvalue weighted by Crippen LogP contribution is -2.22. The van der Waals surface area contributed by atoms with Gasteiger partial charge >= 0.3 is 0 Å². The van der Waals surface area contributed by atoms with Gasteiger partial charge in [0.05, 0.1) is 11.1 Å². The quantitative estimate of drug-likeness (QED) is 0.467. The summed E-state index contributed by atoms with van der Waals surface area (Å²) in [5.74, 6) is -1.48. The lowest BCUT2D eigenvalue weighted by atomic mass is 10.1. The predicted octanol–water partition coefficient (Wildman–Crippen LogP) is 3.96. The molecule has 0 atom stereocenters. The fourth-order valence-corrected chi connectivity index (χ4v) is 3.60. The fraction of sp³-hybridized carbons (Fsp3) is 0.200. The van der Waals surface area contributed by atoms with Crippen molar-refractivity contribution >= 4 is 75.5 Å². The maximum absolute atomic E-state index is 11.3. The van der Waals surface area contributed by atoms with Crippen LogP contribution in [0, 0.1) is 0 Å². The molecule has 1 aromatic rings. The van der Waals surface area contributed by atoms with Crippen molar-refractivity contribution in [3.05, 3.63) is 29.0 Å². The first-order valence-corrected chi connectivity index (χ1v) is 7.91. The predicted molar refractivity (Wildman–Crippen MR) is 85.6 cm³/mol. The smallest absolute Gasteiger partial charge is 0.250 e. The van der Waals surface area contributed by atoms with E-state index in [0.717, 1.165) is 0 Å². The van der Waals surface area contributed by atoms with Crippen molar-refractivity contribution in [2.45, 2.75) is 13.8 Å². The Balaban J connectivity index is 0.00000137. The molecule has 1 aromatic carbocycles. The molecule has 0 radical (unpaired) electrons. The molecule has 0 saturated carbocycles. The molecule has 0 aliphatic heterocycles. The van der Waals surface area contributed by atoms with E-state index in [-0.39, 0.29) is 11.1 Å². The number of primary amides is 2. The minimum absolute atomic E-state index is 0.0365. The van der Waals surface area contributed by atoms with Gasteiger partial charge in [0.15, 0.2) is 0 Å². The van der Waals surface area contributed by atoms with Gasteiger partial charge in [-0.3, -0.25) is 9.59 Å². The molecule has 0 aliphatic rings. The highest BCUT2D eigenvalue weighted by Crippen LogP contribution is 2.41. The molecule has 0 fully saturated rings. The second-order valence-corrected chi connectivity index (χ2v) is 5.91. The molecule has 18 heavy (non-hydrogen) atoms. The molecule has 0 saturated heterocycles. The van der Waals surface area contributed by atoms with Gasteiger partial charge in [-0.05, 0) is 63.7 Å². The molecular formula is C10H10Br4N2O2. The van der Waals surface area contributed by atoms with Gasteiger partial charge in [0.25, 0.3) is 11.8 Å². The average Bonchev–Trinajstić information content (AvgIpc) is 2.32. The molecule has 4 N–H and O–H groups in total. The minimum atomic E-state index is -0.741. The van der Waals surface area contributed by atoms with Crippen LogP contribution in [0.4, 0.5) is 0 Å². The van der Waals surface area contributed by atoms with Gasteiger partial charge in [0, 0.05) is 17.9 Å². The fourth-order valence-electron chi connectivity index (χ4n) is 1.09. The van der Waals surface area contributed by atoms with Crippen LogP contribution in [0.1, 0.15) is 34.6 Å². The van der Waals surface area contributed by atoms with Crippen molar-refractivity contribution in [3.63, 3.8) is 0 Å². The summed E-state index contributed by atoms with van der Waals surface area (Å²) in [7, 11) is 0. The first kappa shape index (κ1) is 18.1. The van der Waals surface area contributed by atoms with E-state index in [1.807, 2.05) is 13.8 Å². The molecule has 0 bridgehead atoms. The zero-order valence-electron chi connectivity index (χ0n) is 9.48. The van der Waals surface area contributed by atoms with Crippen LogP contribution < -0.4 is 11.5 Å². The zero-order chi connectivity index (χ0) is 14.6. The lowest BCUT2D eigenvalue weighted by Gasteiger charge is -2.12. The van der Waals surface area contributed by atoms with E-state index in [1.165, 1.54) is 0 Å². The molecule has 0 aromatic heterocycles. The third-order valence-corrected chi connectivity index (χ3v) is 6.53. The number of benzene rings is 1. The Labute approximate surface area is 138 Å². The summed E-state index contributed by atoms with van der Waals surface area (Å²) < 4.78 is 1.89. The van der Waals surface area contributed by atoms with Crippen LogP contribution in [0.25, 0.3) is 0 Å². The Morgan fingerprint density at radius 2 is 0.944 bits per heavy atom. The molecule has 100 valence electrons. The van der Waals surface area contributed by atoms with Gasteiger partial charge in [0.1, 0.15) is 0 Å². The highest BCUT2D eigenvalue weighted by Gasteiger charge is 2.25. The molecule has 0 unspecified atom stereocenters. The summed E-state index contributed by atoms with van der Waals surface area (Å²) >= 11 is 12.9.